The van der Waals surface area contributed by atoms with Crippen LogP contribution in [0.2, 0.25) is 0 Å². The second-order valence-corrected chi connectivity index (χ2v) is 9.70. The lowest BCUT2D eigenvalue weighted by atomic mass is 9.84. The number of likely N-dealkylation sites (tertiary alicyclic amines) is 1. The van der Waals surface area contributed by atoms with Crippen molar-refractivity contribution < 1.29 is 14.3 Å². The summed E-state index contributed by atoms with van der Waals surface area (Å²) in [5.74, 6) is -0.0435. The van der Waals surface area contributed by atoms with Crippen molar-refractivity contribution in [2.75, 3.05) is 26.2 Å². The molecule has 0 amide bonds. The van der Waals surface area contributed by atoms with E-state index in [9.17, 15) is 9.59 Å². The van der Waals surface area contributed by atoms with Gasteiger partial charge in [0.25, 0.3) is 0 Å². The molecule has 3 saturated heterocycles. The fourth-order valence-corrected chi connectivity index (χ4v) is 5.79. The number of piperazine rings is 1. The zero-order chi connectivity index (χ0) is 23.0. The number of ether oxygens (including phenoxy) is 1. The lowest BCUT2D eigenvalue weighted by Crippen LogP contribution is -2.65. The van der Waals surface area contributed by atoms with Gasteiger partial charge in [-0.1, -0.05) is 60.7 Å². The van der Waals surface area contributed by atoms with Crippen LogP contribution in [0, 0.1) is 5.92 Å². The Labute approximate surface area is 195 Å². The van der Waals surface area contributed by atoms with E-state index >= 15 is 0 Å². The minimum atomic E-state index is -1.11. The molecule has 6 nitrogen and oxygen atoms in total. The van der Waals surface area contributed by atoms with Crippen LogP contribution in [0.5, 0.6) is 0 Å². The maximum atomic E-state index is 14.0. The molecule has 0 aromatic heterocycles. The quantitative estimate of drug-likeness (QED) is 0.712. The van der Waals surface area contributed by atoms with Gasteiger partial charge < -0.3 is 15.0 Å². The molecule has 33 heavy (non-hydrogen) atoms. The van der Waals surface area contributed by atoms with Crippen LogP contribution in [0.1, 0.15) is 37.8 Å². The summed E-state index contributed by atoms with van der Waals surface area (Å²) in [5, 5.41) is 3.35. The normalized spacial score (nSPS) is 26.2. The van der Waals surface area contributed by atoms with Gasteiger partial charge in [0.2, 0.25) is 5.72 Å². The number of ketones is 1. The molecule has 0 saturated carbocycles. The third-order valence-electron chi connectivity index (χ3n) is 7.55. The number of fused-ring (bicyclic) bond motifs is 1. The summed E-state index contributed by atoms with van der Waals surface area (Å²) in [4.78, 5) is 31.7. The molecular weight excluding hydrogens is 414 g/mol. The Morgan fingerprint density at radius 1 is 0.970 bits per heavy atom. The monoisotopic (exact) mass is 447 g/mol. The number of piperidine rings is 1. The van der Waals surface area contributed by atoms with Gasteiger partial charge in [0, 0.05) is 36.2 Å². The fraction of sp³-hybridized carbons (Fsp3) is 0.481. The molecule has 3 aliphatic rings. The molecular formula is C27H33N3O3. The molecule has 3 aliphatic heterocycles. The second kappa shape index (κ2) is 9.01. The van der Waals surface area contributed by atoms with Gasteiger partial charge in [0.15, 0.2) is 5.78 Å². The Morgan fingerprint density at radius 2 is 1.55 bits per heavy atom. The van der Waals surface area contributed by atoms with Gasteiger partial charge in [-0.25, -0.2) is 4.90 Å². The average Bonchev–Trinajstić information content (AvgIpc) is 3.18. The van der Waals surface area contributed by atoms with Gasteiger partial charge >= 0.3 is 5.97 Å². The van der Waals surface area contributed by atoms with Crippen molar-refractivity contribution in [3.05, 3.63) is 71.8 Å². The third-order valence-corrected chi connectivity index (χ3v) is 7.55. The standard InChI is InChI=1S/C27H33N3O3/c1-19(2)29-15-13-20(14-16-29)25(31)23-17-28-18-24-26(32)33-27(30(23)24,21-9-5-3-6-10-21)22-11-7-4-8-12-22/h3-12,19-20,23-24,28H,13-18H2,1-2H3. The Morgan fingerprint density at radius 3 is 2.09 bits per heavy atom. The van der Waals surface area contributed by atoms with Gasteiger partial charge in [0.1, 0.15) is 6.04 Å². The zero-order valence-corrected chi connectivity index (χ0v) is 19.4. The summed E-state index contributed by atoms with van der Waals surface area (Å²) in [6, 6.07) is 19.3. The van der Waals surface area contributed by atoms with Crippen LogP contribution in [-0.2, 0) is 20.1 Å². The Hall–Kier alpha value is -2.54. The minimum Gasteiger partial charge on any atom is -0.434 e. The molecule has 0 radical (unpaired) electrons. The molecule has 2 aromatic rings. The fourth-order valence-electron chi connectivity index (χ4n) is 5.79. The summed E-state index contributed by atoms with van der Waals surface area (Å²) in [6.07, 6.45) is 1.73. The van der Waals surface area contributed by atoms with Gasteiger partial charge in [-0.3, -0.25) is 9.59 Å². The summed E-state index contributed by atoms with van der Waals surface area (Å²) in [7, 11) is 0. The molecule has 6 heteroatoms. The van der Waals surface area contributed by atoms with Crippen LogP contribution in [0.3, 0.4) is 0 Å². The van der Waals surface area contributed by atoms with Crippen molar-refractivity contribution in [3.63, 3.8) is 0 Å². The largest absolute Gasteiger partial charge is 0.434 e. The van der Waals surface area contributed by atoms with Crippen LogP contribution in [-0.4, -0.2) is 65.9 Å². The highest BCUT2D eigenvalue weighted by Gasteiger charge is 2.60. The lowest BCUT2D eigenvalue weighted by molar-refractivity contribution is -0.153. The Bertz CT molecular complexity index is 947. The van der Waals surface area contributed by atoms with E-state index in [4.69, 9.17) is 4.74 Å². The van der Waals surface area contributed by atoms with Gasteiger partial charge in [-0.15, -0.1) is 0 Å². The average molecular weight is 448 g/mol. The number of nitrogens with zero attached hydrogens (tertiary/aromatic N) is 2. The number of benzene rings is 2. The van der Waals surface area contributed by atoms with Crippen LogP contribution < -0.4 is 5.32 Å². The third kappa shape index (κ3) is 3.80. The molecule has 174 valence electrons. The molecule has 0 aliphatic carbocycles. The molecule has 0 spiro atoms. The predicted octanol–water partition coefficient (Wildman–Crippen LogP) is 2.78. The Kier molecular flexibility index (Phi) is 6.08. The lowest BCUT2D eigenvalue weighted by Gasteiger charge is -2.46. The van der Waals surface area contributed by atoms with Gasteiger partial charge in [0.05, 0.1) is 6.04 Å². The molecule has 2 unspecified atom stereocenters. The molecule has 3 fully saturated rings. The van der Waals surface area contributed by atoms with Crippen molar-refractivity contribution in [2.24, 2.45) is 5.92 Å². The van der Waals surface area contributed by atoms with Crippen LogP contribution in [0.4, 0.5) is 0 Å². The van der Waals surface area contributed by atoms with Crippen molar-refractivity contribution in [3.8, 4) is 0 Å². The highest BCUT2D eigenvalue weighted by molar-refractivity contribution is 5.89. The van der Waals surface area contributed by atoms with E-state index < -0.39 is 17.8 Å². The maximum Gasteiger partial charge on any atom is 0.327 e. The Balaban J connectivity index is 1.54. The summed E-state index contributed by atoms with van der Waals surface area (Å²) in [6.45, 7) is 7.30. The van der Waals surface area contributed by atoms with E-state index in [0.29, 0.717) is 19.1 Å². The van der Waals surface area contributed by atoms with E-state index in [0.717, 1.165) is 37.1 Å². The maximum absolute atomic E-state index is 14.0. The first-order chi connectivity index (χ1) is 16.0. The van der Waals surface area contributed by atoms with Crippen LogP contribution >= 0.6 is 0 Å². The van der Waals surface area contributed by atoms with Crippen molar-refractivity contribution in [1.82, 2.24) is 15.1 Å². The SMILES string of the molecule is CC(C)N1CCC(C(=O)C2CNCC3C(=O)OC(c4ccccc4)(c4ccccc4)N32)CC1. The van der Waals surface area contributed by atoms with Gasteiger partial charge in [-0.2, -0.15) is 0 Å². The first-order valence-corrected chi connectivity index (χ1v) is 12.1. The highest BCUT2D eigenvalue weighted by Crippen LogP contribution is 2.46. The number of hydrogen-bond acceptors (Lipinski definition) is 6. The summed E-state index contributed by atoms with van der Waals surface area (Å²) < 4.78 is 6.27. The number of rotatable bonds is 5. The minimum absolute atomic E-state index is 0.00509. The number of Topliss-reactive ketones (excluding diaryl/α,β-unsaturated/α-hetero) is 1. The van der Waals surface area contributed by atoms with Crippen LogP contribution in [0.25, 0.3) is 0 Å². The molecule has 2 aromatic carbocycles. The molecule has 1 N–H and O–H groups in total. The van der Waals surface area contributed by atoms with Crippen molar-refractivity contribution >= 4 is 11.8 Å². The predicted molar refractivity (Wildman–Crippen MR) is 126 cm³/mol. The van der Waals surface area contributed by atoms with Crippen LogP contribution in [0.15, 0.2) is 60.7 Å². The molecule has 5 rings (SSSR count). The number of hydrogen-bond donors (Lipinski definition) is 1. The van der Waals surface area contributed by atoms with Gasteiger partial charge in [-0.05, 0) is 39.8 Å². The van der Waals surface area contributed by atoms with E-state index in [1.807, 2.05) is 60.7 Å². The summed E-state index contributed by atoms with van der Waals surface area (Å²) in [5.41, 5.74) is 0.647. The summed E-state index contributed by atoms with van der Waals surface area (Å²) >= 11 is 0. The number of esters is 1. The first-order valence-electron chi connectivity index (χ1n) is 12.1. The molecule has 3 heterocycles. The topological polar surface area (TPSA) is 61.9 Å². The van der Waals surface area contributed by atoms with Crippen molar-refractivity contribution in [1.29, 1.82) is 0 Å². The number of cyclic esters (lactones) is 1. The van der Waals surface area contributed by atoms with E-state index in [-0.39, 0.29) is 17.7 Å². The second-order valence-electron chi connectivity index (χ2n) is 9.70. The molecule has 0 bridgehead atoms. The van der Waals surface area contributed by atoms with E-state index in [1.54, 1.807) is 0 Å². The zero-order valence-electron chi connectivity index (χ0n) is 19.4. The number of carbonyl (C=O) groups is 2. The highest BCUT2D eigenvalue weighted by atomic mass is 16.6. The smallest absolute Gasteiger partial charge is 0.327 e. The van der Waals surface area contributed by atoms with E-state index in [2.05, 4.69) is 29.0 Å². The first kappa shape index (κ1) is 22.3. The molecule has 2 atom stereocenters. The number of carbonyl (C=O) groups excluding carboxylic acids is 2. The number of nitrogens with one attached hydrogen (secondary N) is 1. The van der Waals surface area contributed by atoms with E-state index in [1.165, 1.54) is 0 Å². The van der Waals surface area contributed by atoms with Crippen molar-refractivity contribution in [2.45, 2.75) is 50.5 Å².